The normalized spacial score (nSPS) is 13.6. The summed E-state index contributed by atoms with van der Waals surface area (Å²) in [6, 6.07) is 0. The number of hydrogen-bond acceptors (Lipinski definition) is 3. The molecule has 0 rings (SSSR count). The van der Waals surface area contributed by atoms with Gasteiger partial charge in [0.25, 0.3) is 0 Å². The zero-order chi connectivity index (χ0) is 13.2. The maximum atomic E-state index is 11.9. The van der Waals surface area contributed by atoms with Crippen molar-refractivity contribution >= 4 is 27.3 Å². The van der Waals surface area contributed by atoms with E-state index in [4.69, 9.17) is 11.6 Å². The van der Waals surface area contributed by atoms with Crippen LogP contribution >= 0.6 is 11.6 Å². The third kappa shape index (κ3) is 3.94. The van der Waals surface area contributed by atoms with Gasteiger partial charge in [-0.3, -0.25) is 4.79 Å². The number of nitrogens with one attached hydrogen (secondary N) is 1. The Hall–Kier alpha value is -0.290. The lowest BCUT2D eigenvalue weighted by atomic mass is 10.0. The van der Waals surface area contributed by atoms with Gasteiger partial charge in [-0.1, -0.05) is 0 Å². The van der Waals surface area contributed by atoms with Crippen LogP contribution in [-0.2, 0) is 14.6 Å². The molecule has 6 heteroatoms. The standard InChI is InChI=1S/C10H20ClNO3S/c1-9(2,6-7-11)12-8(13)10(3,4)16(5,14)15/h6-7H2,1-5H3,(H,12,13). The number of alkyl halides is 1. The van der Waals surface area contributed by atoms with Crippen LogP contribution in [0.2, 0.25) is 0 Å². The molecule has 0 unspecified atom stereocenters. The first-order valence-corrected chi connectivity index (χ1v) is 7.45. The number of rotatable bonds is 5. The molecule has 0 aromatic heterocycles. The van der Waals surface area contributed by atoms with Crippen molar-refractivity contribution in [3.63, 3.8) is 0 Å². The fraction of sp³-hybridized carbons (Fsp3) is 0.900. The Bertz CT molecular complexity index is 360. The lowest BCUT2D eigenvalue weighted by molar-refractivity contribution is -0.124. The van der Waals surface area contributed by atoms with Crippen LogP contribution in [0.4, 0.5) is 0 Å². The summed E-state index contributed by atoms with van der Waals surface area (Å²) in [4.78, 5) is 11.9. The van der Waals surface area contributed by atoms with Gasteiger partial charge in [-0.2, -0.15) is 0 Å². The zero-order valence-electron chi connectivity index (χ0n) is 10.4. The molecule has 1 N–H and O–H groups in total. The predicted octanol–water partition coefficient (Wildman–Crippen LogP) is 1.33. The second-order valence-corrected chi connectivity index (χ2v) is 8.00. The number of amides is 1. The molecule has 0 bridgehead atoms. The molecule has 0 aliphatic carbocycles. The van der Waals surface area contributed by atoms with E-state index in [0.717, 1.165) is 6.26 Å². The second kappa shape index (κ2) is 4.92. The monoisotopic (exact) mass is 269 g/mol. The smallest absolute Gasteiger partial charge is 0.241 e. The van der Waals surface area contributed by atoms with Crippen molar-refractivity contribution < 1.29 is 13.2 Å². The van der Waals surface area contributed by atoms with Gasteiger partial charge in [0.1, 0.15) is 4.75 Å². The molecule has 16 heavy (non-hydrogen) atoms. The molecular weight excluding hydrogens is 250 g/mol. The highest BCUT2D eigenvalue weighted by molar-refractivity contribution is 7.92. The molecule has 0 saturated heterocycles. The molecule has 0 heterocycles. The van der Waals surface area contributed by atoms with Gasteiger partial charge in [0, 0.05) is 17.7 Å². The average molecular weight is 270 g/mol. The van der Waals surface area contributed by atoms with Crippen LogP contribution in [0, 0.1) is 0 Å². The summed E-state index contributed by atoms with van der Waals surface area (Å²) >= 11 is 5.60. The van der Waals surface area contributed by atoms with E-state index in [1.807, 2.05) is 13.8 Å². The Morgan fingerprint density at radius 3 is 2.00 bits per heavy atom. The second-order valence-electron chi connectivity index (χ2n) is 5.06. The largest absolute Gasteiger partial charge is 0.350 e. The van der Waals surface area contributed by atoms with E-state index in [9.17, 15) is 13.2 Å². The molecule has 0 fully saturated rings. The van der Waals surface area contributed by atoms with Crippen molar-refractivity contribution in [2.24, 2.45) is 0 Å². The Kier molecular flexibility index (Phi) is 4.83. The van der Waals surface area contributed by atoms with E-state index in [2.05, 4.69) is 5.32 Å². The minimum atomic E-state index is -3.43. The molecule has 0 spiro atoms. The van der Waals surface area contributed by atoms with E-state index in [1.165, 1.54) is 13.8 Å². The Morgan fingerprint density at radius 2 is 1.69 bits per heavy atom. The maximum Gasteiger partial charge on any atom is 0.241 e. The summed E-state index contributed by atoms with van der Waals surface area (Å²) < 4.78 is 21.5. The van der Waals surface area contributed by atoms with Gasteiger partial charge in [0.05, 0.1) is 0 Å². The van der Waals surface area contributed by atoms with Gasteiger partial charge in [-0.25, -0.2) is 8.42 Å². The lowest BCUT2D eigenvalue weighted by Crippen LogP contribution is -2.54. The van der Waals surface area contributed by atoms with Gasteiger partial charge < -0.3 is 5.32 Å². The Morgan fingerprint density at radius 1 is 1.25 bits per heavy atom. The Balaban J connectivity index is 4.85. The molecule has 0 aliphatic heterocycles. The first-order chi connectivity index (χ1) is 6.94. The van der Waals surface area contributed by atoms with Crippen molar-refractivity contribution in [3.05, 3.63) is 0 Å². The molecule has 0 aromatic rings. The first kappa shape index (κ1) is 15.7. The van der Waals surface area contributed by atoms with E-state index < -0.39 is 26.0 Å². The van der Waals surface area contributed by atoms with Crippen molar-refractivity contribution in [1.29, 1.82) is 0 Å². The van der Waals surface area contributed by atoms with Crippen LogP contribution in [0.5, 0.6) is 0 Å². The van der Waals surface area contributed by atoms with E-state index in [1.54, 1.807) is 0 Å². The van der Waals surface area contributed by atoms with Crippen LogP contribution < -0.4 is 5.32 Å². The third-order valence-corrected chi connectivity index (χ3v) is 4.87. The van der Waals surface area contributed by atoms with Crippen molar-refractivity contribution in [3.8, 4) is 0 Å². The first-order valence-electron chi connectivity index (χ1n) is 5.02. The fourth-order valence-electron chi connectivity index (χ4n) is 0.925. The van der Waals surface area contributed by atoms with Gasteiger partial charge in [-0.05, 0) is 34.1 Å². The number of carbonyl (C=O) groups is 1. The summed E-state index contributed by atoms with van der Waals surface area (Å²) in [5.74, 6) is -0.0860. The topological polar surface area (TPSA) is 63.2 Å². The summed E-state index contributed by atoms with van der Waals surface area (Å²) in [5, 5.41) is 2.70. The lowest BCUT2D eigenvalue weighted by Gasteiger charge is -2.30. The summed E-state index contributed by atoms with van der Waals surface area (Å²) in [6.45, 7) is 6.42. The van der Waals surface area contributed by atoms with Gasteiger partial charge in [0.15, 0.2) is 9.84 Å². The molecule has 0 atom stereocenters. The quantitative estimate of drug-likeness (QED) is 0.766. The van der Waals surface area contributed by atoms with Crippen LogP contribution in [-0.4, -0.2) is 36.7 Å². The van der Waals surface area contributed by atoms with Crippen molar-refractivity contribution in [1.82, 2.24) is 5.32 Å². The highest BCUT2D eigenvalue weighted by atomic mass is 35.5. The molecule has 4 nitrogen and oxygen atoms in total. The molecular formula is C10H20ClNO3S. The molecule has 0 radical (unpaired) electrons. The highest BCUT2D eigenvalue weighted by Gasteiger charge is 2.40. The third-order valence-electron chi connectivity index (χ3n) is 2.65. The number of halogens is 1. The Labute approximate surface area is 103 Å². The van der Waals surface area contributed by atoms with Crippen LogP contribution in [0.15, 0.2) is 0 Å². The van der Waals surface area contributed by atoms with Crippen molar-refractivity contribution in [2.75, 3.05) is 12.1 Å². The number of hydrogen-bond donors (Lipinski definition) is 1. The summed E-state index contributed by atoms with van der Waals surface area (Å²) in [7, 11) is -3.43. The summed E-state index contributed by atoms with van der Waals surface area (Å²) in [5.41, 5.74) is -0.499. The molecule has 1 amide bonds. The molecule has 0 saturated carbocycles. The number of carbonyl (C=O) groups excluding carboxylic acids is 1. The van der Waals surface area contributed by atoms with Crippen LogP contribution in [0.3, 0.4) is 0 Å². The van der Waals surface area contributed by atoms with E-state index in [-0.39, 0.29) is 0 Å². The molecule has 0 aromatic carbocycles. The summed E-state index contributed by atoms with van der Waals surface area (Å²) in [6.07, 6.45) is 1.64. The predicted molar refractivity (Wildman–Crippen MR) is 66.5 cm³/mol. The van der Waals surface area contributed by atoms with E-state index in [0.29, 0.717) is 12.3 Å². The van der Waals surface area contributed by atoms with E-state index >= 15 is 0 Å². The van der Waals surface area contributed by atoms with Gasteiger partial charge >= 0.3 is 0 Å². The maximum absolute atomic E-state index is 11.9. The fourth-order valence-corrected chi connectivity index (χ4v) is 1.79. The molecule has 0 aliphatic rings. The van der Waals surface area contributed by atoms with Crippen LogP contribution in [0.25, 0.3) is 0 Å². The average Bonchev–Trinajstić information content (AvgIpc) is 2.00. The number of sulfone groups is 1. The minimum Gasteiger partial charge on any atom is -0.350 e. The van der Waals surface area contributed by atoms with Crippen molar-refractivity contribution in [2.45, 2.75) is 44.4 Å². The van der Waals surface area contributed by atoms with Crippen LogP contribution in [0.1, 0.15) is 34.1 Å². The highest BCUT2D eigenvalue weighted by Crippen LogP contribution is 2.18. The minimum absolute atomic E-state index is 0.409. The van der Waals surface area contributed by atoms with Gasteiger partial charge in [-0.15, -0.1) is 11.6 Å². The SMILES string of the molecule is CC(C)(CCCl)NC(=O)C(C)(C)S(C)(=O)=O. The molecule has 96 valence electrons. The zero-order valence-corrected chi connectivity index (χ0v) is 12.0. The van der Waals surface area contributed by atoms with Gasteiger partial charge in [0.2, 0.25) is 5.91 Å².